The van der Waals surface area contributed by atoms with E-state index in [4.69, 9.17) is 5.11 Å². The summed E-state index contributed by atoms with van der Waals surface area (Å²) in [5, 5.41) is 11.6. The molecule has 3 atom stereocenters. The Bertz CT molecular complexity index is 474. The number of carboxylic acids is 1. The van der Waals surface area contributed by atoms with Crippen LogP contribution in [0.5, 0.6) is 0 Å². The summed E-state index contributed by atoms with van der Waals surface area (Å²) in [4.78, 5) is 23.1. The van der Waals surface area contributed by atoms with E-state index in [2.05, 4.69) is 5.32 Å². The standard InChI is InChI=1S/C12H22N2O5S/c1-8-6-9(10(7-8)12(16)17)11(15)13-4-5-20(18,19)14(2)3/h8-10H,4-7H2,1-3H3,(H,13,15)(H,16,17). The zero-order chi connectivity index (χ0) is 15.5. The summed E-state index contributed by atoms with van der Waals surface area (Å²) in [7, 11) is -0.502. The third-order valence-electron chi connectivity index (χ3n) is 3.67. The Morgan fingerprint density at radius 1 is 1.25 bits per heavy atom. The van der Waals surface area contributed by atoms with Crippen LogP contribution < -0.4 is 5.32 Å². The molecule has 20 heavy (non-hydrogen) atoms. The maximum Gasteiger partial charge on any atom is 0.307 e. The van der Waals surface area contributed by atoms with Gasteiger partial charge in [-0.2, -0.15) is 0 Å². The number of sulfonamides is 1. The fourth-order valence-corrected chi connectivity index (χ4v) is 3.20. The van der Waals surface area contributed by atoms with E-state index in [1.807, 2.05) is 6.92 Å². The summed E-state index contributed by atoms with van der Waals surface area (Å²) in [5.41, 5.74) is 0. The Hall–Kier alpha value is -1.15. The minimum absolute atomic E-state index is 0.00341. The molecule has 0 bridgehead atoms. The van der Waals surface area contributed by atoms with Crippen LogP contribution >= 0.6 is 0 Å². The van der Waals surface area contributed by atoms with Crippen molar-refractivity contribution in [3.05, 3.63) is 0 Å². The Morgan fingerprint density at radius 2 is 1.80 bits per heavy atom. The zero-order valence-electron chi connectivity index (χ0n) is 12.0. The number of carbonyl (C=O) groups excluding carboxylic acids is 1. The van der Waals surface area contributed by atoms with Crippen LogP contribution in [0.3, 0.4) is 0 Å². The average Bonchev–Trinajstić information content (AvgIpc) is 2.71. The van der Waals surface area contributed by atoms with Crippen LogP contribution in [0.25, 0.3) is 0 Å². The molecule has 1 fully saturated rings. The predicted octanol–water partition coefficient (Wildman–Crippen LogP) is -0.259. The first-order valence-electron chi connectivity index (χ1n) is 6.56. The number of nitrogens with one attached hydrogen (secondary N) is 1. The Labute approximate surface area is 119 Å². The molecule has 0 heterocycles. The molecule has 1 aliphatic carbocycles. The largest absolute Gasteiger partial charge is 0.481 e. The van der Waals surface area contributed by atoms with Gasteiger partial charge < -0.3 is 10.4 Å². The van der Waals surface area contributed by atoms with Crippen molar-refractivity contribution in [3.8, 4) is 0 Å². The molecular formula is C12H22N2O5S. The number of carboxylic acid groups (broad SMARTS) is 1. The van der Waals surface area contributed by atoms with Crippen LogP contribution in [-0.4, -0.2) is 56.1 Å². The lowest BCUT2D eigenvalue weighted by molar-refractivity contribution is -0.146. The molecule has 116 valence electrons. The van der Waals surface area contributed by atoms with E-state index in [1.165, 1.54) is 14.1 Å². The molecule has 8 heteroatoms. The Balaban J connectivity index is 2.53. The van der Waals surface area contributed by atoms with Gasteiger partial charge in [0, 0.05) is 20.6 Å². The van der Waals surface area contributed by atoms with Gasteiger partial charge in [0.25, 0.3) is 0 Å². The van der Waals surface area contributed by atoms with Gasteiger partial charge in [-0.05, 0) is 18.8 Å². The lowest BCUT2D eigenvalue weighted by Gasteiger charge is -2.16. The van der Waals surface area contributed by atoms with Crippen LogP contribution in [0.1, 0.15) is 19.8 Å². The van der Waals surface area contributed by atoms with Gasteiger partial charge in [0.1, 0.15) is 0 Å². The molecule has 0 saturated heterocycles. The Kier molecular flexibility index (Phi) is 5.52. The van der Waals surface area contributed by atoms with Crippen molar-refractivity contribution in [3.63, 3.8) is 0 Å². The number of carbonyl (C=O) groups is 2. The minimum atomic E-state index is -3.36. The van der Waals surface area contributed by atoms with E-state index in [1.54, 1.807) is 0 Å². The second-order valence-electron chi connectivity index (χ2n) is 5.52. The topological polar surface area (TPSA) is 104 Å². The van der Waals surface area contributed by atoms with E-state index in [0.717, 1.165) is 4.31 Å². The SMILES string of the molecule is CC1CC(C(=O)O)C(C(=O)NCCS(=O)(=O)N(C)C)C1. The molecule has 1 amide bonds. The van der Waals surface area contributed by atoms with E-state index in [9.17, 15) is 18.0 Å². The summed E-state index contributed by atoms with van der Waals surface area (Å²) in [6.07, 6.45) is 1.02. The highest BCUT2D eigenvalue weighted by Crippen LogP contribution is 2.36. The van der Waals surface area contributed by atoms with Crippen molar-refractivity contribution < 1.29 is 23.1 Å². The summed E-state index contributed by atoms with van der Waals surface area (Å²) in [6.45, 7) is 1.91. The number of rotatable bonds is 6. The maximum absolute atomic E-state index is 12.0. The van der Waals surface area contributed by atoms with E-state index >= 15 is 0 Å². The molecule has 0 aromatic carbocycles. The minimum Gasteiger partial charge on any atom is -0.481 e. The molecule has 1 aliphatic rings. The second-order valence-corrected chi connectivity index (χ2v) is 7.82. The van der Waals surface area contributed by atoms with Gasteiger partial charge in [0.15, 0.2) is 0 Å². The summed E-state index contributed by atoms with van der Waals surface area (Å²) in [6, 6.07) is 0. The third kappa shape index (κ3) is 4.17. The van der Waals surface area contributed by atoms with Crippen molar-refractivity contribution in [2.75, 3.05) is 26.4 Å². The normalized spacial score (nSPS) is 26.7. The monoisotopic (exact) mass is 306 g/mol. The summed E-state index contributed by atoms with van der Waals surface area (Å²) >= 11 is 0. The molecule has 0 spiro atoms. The summed E-state index contributed by atoms with van der Waals surface area (Å²) < 4.78 is 24.2. The van der Waals surface area contributed by atoms with E-state index < -0.39 is 27.8 Å². The van der Waals surface area contributed by atoms with Gasteiger partial charge in [-0.3, -0.25) is 9.59 Å². The van der Waals surface area contributed by atoms with Crippen molar-refractivity contribution in [1.82, 2.24) is 9.62 Å². The molecule has 0 aromatic rings. The van der Waals surface area contributed by atoms with Crippen LogP contribution in [-0.2, 0) is 19.6 Å². The fraction of sp³-hybridized carbons (Fsp3) is 0.833. The molecule has 1 saturated carbocycles. The fourth-order valence-electron chi connectivity index (χ4n) is 2.47. The van der Waals surface area contributed by atoms with Crippen LogP contribution in [0.2, 0.25) is 0 Å². The molecule has 0 radical (unpaired) electrons. The number of nitrogens with zero attached hydrogens (tertiary/aromatic N) is 1. The number of aliphatic carboxylic acids is 1. The zero-order valence-corrected chi connectivity index (χ0v) is 12.8. The highest BCUT2D eigenvalue weighted by molar-refractivity contribution is 7.89. The third-order valence-corrected chi connectivity index (χ3v) is 5.50. The maximum atomic E-state index is 12.0. The predicted molar refractivity (Wildman–Crippen MR) is 73.5 cm³/mol. The van der Waals surface area contributed by atoms with Gasteiger partial charge >= 0.3 is 5.97 Å². The smallest absolute Gasteiger partial charge is 0.307 e. The first-order chi connectivity index (χ1) is 9.15. The van der Waals surface area contributed by atoms with Gasteiger partial charge in [-0.1, -0.05) is 6.92 Å². The van der Waals surface area contributed by atoms with Gasteiger partial charge in [-0.25, -0.2) is 12.7 Å². The van der Waals surface area contributed by atoms with E-state index in [-0.39, 0.29) is 24.1 Å². The summed E-state index contributed by atoms with van der Waals surface area (Å²) in [5.74, 6) is -2.56. The number of hydrogen-bond donors (Lipinski definition) is 2. The number of hydrogen-bond acceptors (Lipinski definition) is 4. The molecule has 7 nitrogen and oxygen atoms in total. The average molecular weight is 306 g/mol. The highest BCUT2D eigenvalue weighted by Gasteiger charge is 2.41. The molecule has 3 unspecified atom stereocenters. The lowest BCUT2D eigenvalue weighted by atomic mass is 9.95. The highest BCUT2D eigenvalue weighted by atomic mass is 32.2. The van der Waals surface area contributed by atoms with Crippen molar-refractivity contribution >= 4 is 21.9 Å². The molecule has 2 N–H and O–H groups in total. The quantitative estimate of drug-likeness (QED) is 0.703. The van der Waals surface area contributed by atoms with E-state index in [0.29, 0.717) is 12.8 Å². The molecule has 1 rings (SSSR count). The molecule has 0 aliphatic heterocycles. The first-order valence-corrected chi connectivity index (χ1v) is 8.16. The van der Waals surface area contributed by atoms with Crippen molar-refractivity contribution in [1.29, 1.82) is 0 Å². The van der Waals surface area contributed by atoms with Crippen LogP contribution in [0, 0.1) is 17.8 Å². The van der Waals surface area contributed by atoms with Crippen LogP contribution in [0.4, 0.5) is 0 Å². The molecular weight excluding hydrogens is 284 g/mol. The van der Waals surface area contributed by atoms with Gasteiger partial charge in [0.2, 0.25) is 15.9 Å². The van der Waals surface area contributed by atoms with Crippen LogP contribution in [0.15, 0.2) is 0 Å². The number of amides is 1. The lowest BCUT2D eigenvalue weighted by Crippen LogP contribution is -2.39. The molecule has 0 aromatic heterocycles. The van der Waals surface area contributed by atoms with Crippen molar-refractivity contribution in [2.24, 2.45) is 17.8 Å². The Morgan fingerprint density at radius 3 is 2.30 bits per heavy atom. The van der Waals surface area contributed by atoms with Gasteiger partial charge in [0.05, 0.1) is 17.6 Å². The first kappa shape index (κ1) is 16.9. The van der Waals surface area contributed by atoms with Crippen molar-refractivity contribution in [2.45, 2.75) is 19.8 Å². The van der Waals surface area contributed by atoms with Gasteiger partial charge in [-0.15, -0.1) is 0 Å². The second kappa shape index (κ2) is 6.53.